The Bertz CT molecular complexity index is 525. The predicted octanol–water partition coefficient (Wildman–Crippen LogP) is 1.17. The van der Waals surface area contributed by atoms with E-state index in [0.717, 1.165) is 22.8 Å². The zero-order valence-electron chi connectivity index (χ0n) is 10.1. The van der Waals surface area contributed by atoms with E-state index in [4.69, 9.17) is 9.47 Å². The van der Waals surface area contributed by atoms with Gasteiger partial charge in [-0.1, -0.05) is 0 Å². The van der Waals surface area contributed by atoms with Crippen molar-refractivity contribution in [1.82, 2.24) is 10.4 Å². The molecule has 2 aliphatic rings. The van der Waals surface area contributed by atoms with Crippen molar-refractivity contribution in [3.05, 3.63) is 29.8 Å². The number of hydrazine groups is 1. The van der Waals surface area contributed by atoms with Crippen LogP contribution in [-0.4, -0.2) is 31.2 Å². The van der Waals surface area contributed by atoms with E-state index in [1.54, 1.807) is 7.05 Å². The summed E-state index contributed by atoms with van der Waals surface area (Å²) in [6.07, 6.45) is 2.29. The highest BCUT2D eigenvalue weighted by atomic mass is 16.6. The molecule has 18 heavy (non-hydrogen) atoms. The maximum atomic E-state index is 11.4. The highest BCUT2D eigenvalue weighted by Gasteiger charge is 2.18. The minimum absolute atomic E-state index is 0.0521. The second-order valence-corrected chi connectivity index (χ2v) is 4.24. The second-order valence-electron chi connectivity index (χ2n) is 4.24. The third-order valence-corrected chi connectivity index (χ3v) is 3.00. The number of nitrogens with one attached hydrogen (secondary N) is 1. The van der Waals surface area contributed by atoms with Crippen LogP contribution in [0, 0.1) is 0 Å². The lowest BCUT2D eigenvalue weighted by Gasteiger charge is -2.26. The van der Waals surface area contributed by atoms with Crippen molar-refractivity contribution in [2.24, 2.45) is 0 Å². The summed E-state index contributed by atoms with van der Waals surface area (Å²) in [6, 6.07) is 5.77. The topological polar surface area (TPSA) is 50.8 Å². The Labute approximate surface area is 105 Å². The number of nitrogens with zero attached hydrogens (tertiary/aromatic N) is 1. The lowest BCUT2D eigenvalue weighted by Crippen LogP contribution is -2.40. The molecule has 1 N–H and O–H groups in total. The Morgan fingerprint density at radius 2 is 2.00 bits per heavy atom. The van der Waals surface area contributed by atoms with Crippen LogP contribution in [-0.2, 0) is 4.79 Å². The van der Waals surface area contributed by atoms with Crippen LogP contribution in [0.5, 0.6) is 11.5 Å². The van der Waals surface area contributed by atoms with Crippen LogP contribution in [0.25, 0.3) is 5.70 Å². The monoisotopic (exact) mass is 246 g/mol. The highest BCUT2D eigenvalue weighted by molar-refractivity contribution is 5.83. The molecule has 0 atom stereocenters. The summed E-state index contributed by atoms with van der Waals surface area (Å²) < 4.78 is 11.0. The maximum absolute atomic E-state index is 11.4. The molecule has 0 unspecified atom stereocenters. The van der Waals surface area contributed by atoms with Crippen LogP contribution in [0.3, 0.4) is 0 Å². The molecule has 2 heterocycles. The molecule has 1 amide bonds. The predicted molar refractivity (Wildman–Crippen MR) is 65.9 cm³/mol. The molecule has 5 nitrogen and oxygen atoms in total. The Morgan fingerprint density at radius 1 is 1.22 bits per heavy atom. The van der Waals surface area contributed by atoms with Gasteiger partial charge in [0, 0.05) is 19.0 Å². The van der Waals surface area contributed by atoms with Gasteiger partial charge in [-0.25, -0.2) is 0 Å². The first kappa shape index (κ1) is 11.0. The first-order chi connectivity index (χ1) is 8.74. The zero-order valence-corrected chi connectivity index (χ0v) is 10.1. The summed E-state index contributed by atoms with van der Waals surface area (Å²) in [5, 5.41) is 1.49. The van der Waals surface area contributed by atoms with Crippen LogP contribution in [0.1, 0.15) is 12.0 Å². The van der Waals surface area contributed by atoms with Crippen molar-refractivity contribution in [3.63, 3.8) is 0 Å². The number of carbonyl (C=O) groups excluding carboxylic acids is 1. The molecule has 0 fully saturated rings. The standard InChI is InChI=1S/C13H14N2O3/c1-15-13(16)5-3-10(14-15)9-2-4-11-12(8-9)18-7-6-17-11/h2-4,8,14H,5-7H2,1H3. The molecule has 0 saturated heterocycles. The molecule has 1 aromatic carbocycles. The summed E-state index contributed by atoms with van der Waals surface area (Å²) >= 11 is 0. The molecule has 0 aliphatic carbocycles. The van der Waals surface area contributed by atoms with Crippen LogP contribution in [0.4, 0.5) is 0 Å². The Kier molecular flexibility index (Phi) is 2.59. The van der Waals surface area contributed by atoms with Crippen molar-refractivity contribution < 1.29 is 14.3 Å². The minimum atomic E-state index is 0.0521. The van der Waals surface area contributed by atoms with Crippen LogP contribution >= 0.6 is 0 Å². The number of fused-ring (bicyclic) bond motifs is 1. The number of hydrogen-bond donors (Lipinski definition) is 1. The average Bonchev–Trinajstić information content (AvgIpc) is 2.41. The van der Waals surface area contributed by atoms with Gasteiger partial charge >= 0.3 is 0 Å². The molecular formula is C13H14N2O3. The molecule has 3 rings (SSSR count). The summed E-state index contributed by atoms with van der Waals surface area (Å²) in [6.45, 7) is 1.16. The Balaban J connectivity index is 1.91. The fourth-order valence-electron chi connectivity index (χ4n) is 2.01. The van der Waals surface area contributed by atoms with Gasteiger partial charge in [0.1, 0.15) is 13.2 Å². The van der Waals surface area contributed by atoms with Gasteiger partial charge in [-0.2, -0.15) is 0 Å². The van der Waals surface area contributed by atoms with E-state index in [2.05, 4.69) is 5.43 Å². The van der Waals surface area contributed by atoms with Crippen molar-refractivity contribution >= 4 is 11.6 Å². The van der Waals surface area contributed by atoms with Crippen LogP contribution in [0.15, 0.2) is 24.3 Å². The van der Waals surface area contributed by atoms with Crippen LogP contribution in [0.2, 0.25) is 0 Å². The summed E-state index contributed by atoms with van der Waals surface area (Å²) in [5.41, 5.74) is 4.93. The summed E-state index contributed by atoms with van der Waals surface area (Å²) in [5.74, 6) is 1.57. The van der Waals surface area contributed by atoms with E-state index in [1.807, 2.05) is 24.3 Å². The van der Waals surface area contributed by atoms with Gasteiger partial charge < -0.3 is 9.47 Å². The van der Waals surface area contributed by atoms with Crippen molar-refractivity contribution in [3.8, 4) is 11.5 Å². The third-order valence-electron chi connectivity index (χ3n) is 3.00. The Morgan fingerprint density at radius 3 is 2.78 bits per heavy atom. The number of rotatable bonds is 1. The molecule has 5 heteroatoms. The smallest absolute Gasteiger partial charge is 0.244 e. The quantitative estimate of drug-likeness (QED) is 0.808. The van der Waals surface area contributed by atoms with Gasteiger partial charge in [0.15, 0.2) is 11.5 Å². The second kappa shape index (κ2) is 4.25. The number of carbonyl (C=O) groups is 1. The molecule has 94 valence electrons. The minimum Gasteiger partial charge on any atom is -0.486 e. The van der Waals surface area contributed by atoms with E-state index in [0.29, 0.717) is 19.6 Å². The molecule has 0 saturated carbocycles. The number of hydrogen-bond acceptors (Lipinski definition) is 4. The lowest BCUT2D eigenvalue weighted by molar-refractivity contribution is -0.131. The van der Waals surface area contributed by atoms with Gasteiger partial charge in [0.25, 0.3) is 0 Å². The summed E-state index contributed by atoms with van der Waals surface area (Å²) in [7, 11) is 1.72. The lowest BCUT2D eigenvalue weighted by atomic mass is 10.1. The SMILES string of the molecule is CN1NC(c2ccc3c(c2)OCCO3)=CCC1=O. The molecule has 1 aromatic rings. The van der Waals surface area contributed by atoms with Crippen molar-refractivity contribution in [2.75, 3.05) is 20.3 Å². The van der Waals surface area contributed by atoms with Gasteiger partial charge in [0.2, 0.25) is 5.91 Å². The zero-order chi connectivity index (χ0) is 12.5. The van der Waals surface area contributed by atoms with Crippen LogP contribution < -0.4 is 14.9 Å². The number of benzene rings is 1. The molecule has 0 bridgehead atoms. The largest absolute Gasteiger partial charge is 0.486 e. The first-order valence-electron chi connectivity index (χ1n) is 5.87. The van der Waals surface area contributed by atoms with E-state index in [-0.39, 0.29) is 5.91 Å². The van der Waals surface area contributed by atoms with Gasteiger partial charge in [-0.3, -0.25) is 15.2 Å². The van der Waals surface area contributed by atoms with E-state index >= 15 is 0 Å². The number of ether oxygens (including phenoxy) is 2. The van der Waals surface area contributed by atoms with Gasteiger partial charge in [-0.05, 0) is 24.3 Å². The van der Waals surface area contributed by atoms with E-state index in [1.165, 1.54) is 5.01 Å². The first-order valence-corrected chi connectivity index (χ1v) is 5.87. The van der Waals surface area contributed by atoms with Gasteiger partial charge in [0.05, 0.1) is 5.70 Å². The molecule has 0 aromatic heterocycles. The third kappa shape index (κ3) is 1.88. The van der Waals surface area contributed by atoms with Gasteiger partial charge in [-0.15, -0.1) is 0 Å². The normalized spacial score (nSPS) is 18.2. The average molecular weight is 246 g/mol. The molecule has 0 spiro atoms. The fourth-order valence-corrected chi connectivity index (χ4v) is 2.01. The van der Waals surface area contributed by atoms with E-state index in [9.17, 15) is 4.79 Å². The van der Waals surface area contributed by atoms with Crippen molar-refractivity contribution in [1.29, 1.82) is 0 Å². The number of amides is 1. The maximum Gasteiger partial charge on any atom is 0.244 e. The Hall–Kier alpha value is -2.17. The van der Waals surface area contributed by atoms with E-state index < -0.39 is 0 Å². The highest BCUT2D eigenvalue weighted by Crippen LogP contribution is 2.32. The molecule has 2 aliphatic heterocycles. The van der Waals surface area contributed by atoms with Crippen molar-refractivity contribution in [2.45, 2.75) is 6.42 Å². The molecular weight excluding hydrogens is 232 g/mol. The molecule has 0 radical (unpaired) electrons. The fraction of sp³-hybridized carbons (Fsp3) is 0.308. The summed E-state index contributed by atoms with van der Waals surface area (Å²) in [4.78, 5) is 11.4.